The zero-order valence-corrected chi connectivity index (χ0v) is 11.4. The molecule has 0 spiro atoms. The highest BCUT2D eigenvalue weighted by Gasteiger charge is 2.61. The molecule has 0 N–H and O–H groups in total. The van der Waals surface area contributed by atoms with Gasteiger partial charge in [-0.2, -0.15) is 11.8 Å². The van der Waals surface area contributed by atoms with Crippen molar-refractivity contribution in [1.82, 2.24) is 0 Å². The maximum atomic E-state index is 5.97. The minimum Gasteiger partial charge on any atom is -0.402 e. The van der Waals surface area contributed by atoms with Crippen molar-refractivity contribution in [1.29, 1.82) is 0 Å². The Morgan fingerprint density at radius 2 is 1.47 bits per heavy atom. The second-order valence-corrected chi connectivity index (χ2v) is 4.98. The highest BCUT2D eigenvalue weighted by molar-refractivity contribution is 7.99. The van der Waals surface area contributed by atoms with Crippen molar-refractivity contribution in [3.8, 4) is 0 Å². The van der Waals surface area contributed by atoms with E-state index in [4.69, 9.17) is 9.31 Å². The fourth-order valence-corrected chi connectivity index (χ4v) is 4.43. The average Bonchev–Trinajstić information content (AvgIpc) is 2.72. The molecule has 2 nitrogen and oxygen atoms in total. The monoisotopic (exact) mass is 230 g/mol. The molecule has 2 fully saturated rings. The number of thioether (sulfide) groups is 1. The van der Waals surface area contributed by atoms with E-state index < -0.39 is 0 Å². The lowest BCUT2D eigenvalue weighted by atomic mass is 9.82. The topological polar surface area (TPSA) is 18.5 Å². The molecular weight excluding hydrogens is 207 g/mol. The van der Waals surface area contributed by atoms with E-state index in [1.165, 1.54) is 0 Å². The van der Waals surface area contributed by atoms with Crippen LogP contribution in [0.2, 0.25) is 6.82 Å². The summed E-state index contributed by atoms with van der Waals surface area (Å²) < 4.78 is 11.9. The molecule has 0 aromatic carbocycles. The predicted molar refractivity (Wildman–Crippen MR) is 68.5 cm³/mol. The maximum Gasteiger partial charge on any atom is 0.454 e. The van der Waals surface area contributed by atoms with Crippen LogP contribution >= 0.6 is 11.8 Å². The average molecular weight is 230 g/mol. The first-order valence-corrected chi connectivity index (χ1v) is 7.27. The van der Waals surface area contributed by atoms with Crippen molar-refractivity contribution in [2.75, 3.05) is 11.5 Å². The molecule has 0 bridgehead atoms. The van der Waals surface area contributed by atoms with Gasteiger partial charge in [0.2, 0.25) is 0 Å². The van der Waals surface area contributed by atoms with Crippen molar-refractivity contribution in [2.45, 2.75) is 58.6 Å². The van der Waals surface area contributed by atoms with E-state index in [1.807, 2.05) is 32.4 Å². The van der Waals surface area contributed by atoms with Gasteiger partial charge in [-0.05, 0) is 19.7 Å². The largest absolute Gasteiger partial charge is 0.454 e. The minimum absolute atomic E-state index is 0.00579. The lowest BCUT2D eigenvalue weighted by Crippen LogP contribution is -2.49. The summed E-state index contributed by atoms with van der Waals surface area (Å²) in [6.07, 6.45) is 2.14. The number of hydrogen-bond acceptors (Lipinski definition) is 3. The lowest BCUT2D eigenvalue weighted by Gasteiger charge is -2.36. The van der Waals surface area contributed by atoms with Gasteiger partial charge in [0, 0.05) is 11.5 Å². The summed E-state index contributed by atoms with van der Waals surface area (Å²) in [6, 6.07) is 0. The molecule has 88 valence electrons. The number of rotatable bonds is 2. The van der Waals surface area contributed by atoms with Crippen LogP contribution in [0.25, 0.3) is 0 Å². The molecule has 0 saturated carbocycles. The Balaban J connectivity index is 0.000000531. The summed E-state index contributed by atoms with van der Waals surface area (Å²) in [5, 5.41) is 0. The molecule has 2 aliphatic heterocycles. The van der Waals surface area contributed by atoms with Gasteiger partial charge < -0.3 is 9.31 Å². The van der Waals surface area contributed by atoms with Gasteiger partial charge in [0.25, 0.3) is 0 Å². The van der Waals surface area contributed by atoms with E-state index >= 15 is 0 Å². The van der Waals surface area contributed by atoms with Gasteiger partial charge in [-0.25, -0.2) is 0 Å². The molecular formula is C11H23BO2S. The van der Waals surface area contributed by atoms with Crippen LogP contribution in [-0.2, 0) is 9.31 Å². The van der Waals surface area contributed by atoms with Gasteiger partial charge in [0.05, 0.1) is 11.2 Å². The highest BCUT2D eigenvalue weighted by atomic mass is 32.2. The molecule has 0 aromatic rings. The van der Waals surface area contributed by atoms with Crippen LogP contribution in [-0.4, -0.2) is 29.8 Å². The molecule has 15 heavy (non-hydrogen) atoms. The molecule has 4 heteroatoms. The van der Waals surface area contributed by atoms with Crippen molar-refractivity contribution in [2.24, 2.45) is 0 Å². The van der Waals surface area contributed by atoms with Crippen LogP contribution in [0.4, 0.5) is 0 Å². The van der Waals surface area contributed by atoms with Gasteiger partial charge in [-0.15, -0.1) is 0 Å². The summed E-state index contributed by atoms with van der Waals surface area (Å²) in [4.78, 5) is 0. The number of hydrogen-bond donors (Lipinski definition) is 0. The second-order valence-electron chi connectivity index (χ2n) is 3.99. The van der Waals surface area contributed by atoms with E-state index in [0.717, 1.165) is 24.3 Å². The third kappa shape index (κ3) is 1.96. The second kappa shape index (κ2) is 5.11. The SMILES string of the molecule is CC.CCC12CSCC1(CC)OB(C)O2. The van der Waals surface area contributed by atoms with E-state index in [9.17, 15) is 0 Å². The zero-order chi connectivity index (χ0) is 11.5. The first-order chi connectivity index (χ1) is 7.18. The van der Waals surface area contributed by atoms with Crippen molar-refractivity contribution >= 4 is 18.9 Å². The first kappa shape index (κ1) is 13.4. The maximum absolute atomic E-state index is 5.97. The van der Waals surface area contributed by atoms with Gasteiger partial charge in [-0.1, -0.05) is 27.7 Å². The molecule has 0 radical (unpaired) electrons. The van der Waals surface area contributed by atoms with E-state index in [1.54, 1.807) is 0 Å². The summed E-state index contributed by atoms with van der Waals surface area (Å²) in [7, 11) is -0.0131. The third-order valence-electron chi connectivity index (χ3n) is 3.43. The third-order valence-corrected chi connectivity index (χ3v) is 4.77. The molecule has 2 aliphatic rings. The van der Waals surface area contributed by atoms with Gasteiger partial charge in [0.15, 0.2) is 0 Å². The Kier molecular flexibility index (Phi) is 4.56. The van der Waals surface area contributed by atoms with Gasteiger partial charge in [-0.3, -0.25) is 0 Å². The van der Waals surface area contributed by atoms with E-state index in [2.05, 4.69) is 13.8 Å². The van der Waals surface area contributed by atoms with Crippen molar-refractivity contribution < 1.29 is 9.31 Å². The van der Waals surface area contributed by atoms with Crippen LogP contribution in [0, 0.1) is 0 Å². The van der Waals surface area contributed by atoms with Crippen LogP contribution < -0.4 is 0 Å². The van der Waals surface area contributed by atoms with Gasteiger partial charge in [0.1, 0.15) is 0 Å². The summed E-state index contributed by atoms with van der Waals surface area (Å²) in [6.45, 7) is 10.4. The Morgan fingerprint density at radius 1 is 1.07 bits per heavy atom. The molecule has 2 rings (SSSR count). The van der Waals surface area contributed by atoms with E-state index in [0.29, 0.717) is 0 Å². The Labute approximate surface area is 98.6 Å². The van der Waals surface area contributed by atoms with Crippen LogP contribution in [0.1, 0.15) is 40.5 Å². The summed E-state index contributed by atoms with van der Waals surface area (Å²) in [5.74, 6) is 2.20. The van der Waals surface area contributed by atoms with Crippen molar-refractivity contribution in [3.05, 3.63) is 0 Å². The summed E-state index contributed by atoms with van der Waals surface area (Å²) in [5.41, 5.74) is 0.0116. The molecule has 0 aromatic heterocycles. The first-order valence-electron chi connectivity index (χ1n) is 6.11. The molecule has 2 atom stereocenters. The highest BCUT2D eigenvalue weighted by Crippen LogP contribution is 2.51. The molecule has 2 saturated heterocycles. The Hall–Kier alpha value is 0.335. The molecule has 0 amide bonds. The normalized spacial score (nSPS) is 38.6. The van der Waals surface area contributed by atoms with Crippen LogP contribution in [0.5, 0.6) is 0 Å². The Bertz CT molecular complexity index is 195. The molecule has 2 unspecified atom stereocenters. The molecule has 0 aliphatic carbocycles. The smallest absolute Gasteiger partial charge is 0.402 e. The fourth-order valence-electron chi connectivity index (χ4n) is 2.60. The number of fused-ring (bicyclic) bond motifs is 1. The molecule has 2 heterocycles. The quantitative estimate of drug-likeness (QED) is 0.678. The van der Waals surface area contributed by atoms with E-state index in [-0.39, 0.29) is 18.3 Å². The predicted octanol–water partition coefficient (Wildman–Crippen LogP) is 3.22. The lowest BCUT2D eigenvalue weighted by molar-refractivity contribution is -0.0120. The zero-order valence-electron chi connectivity index (χ0n) is 10.6. The fraction of sp³-hybridized carbons (Fsp3) is 1.00. The van der Waals surface area contributed by atoms with Crippen LogP contribution in [0.3, 0.4) is 0 Å². The standard InChI is InChI=1S/C9H17BO2S.C2H6/c1-4-8-6-13-7-9(8,5-2)12-10(3)11-8;1-2/h4-7H2,1-3H3;1-2H3. The Morgan fingerprint density at radius 3 is 1.80 bits per heavy atom. The minimum atomic E-state index is -0.0131. The van der Waals surface area contributed by atoms with Gasteiger partial charge >= 0.3 is 7.12 Å². The summed E-state index contributed by atoms with van der Waals surface area (Å²) >= 11 is 1.96. The van der Waals surface area contributed by atoms with Crippen molar-refractivity contribution in [3.63, 3.8) is 0 Å². The van der Waals surface area contributed by atoms with Crippen LogP contribution in [0.15, 0.2) is 0 Å².